The summed E-state index contributed by atoms with van der Waals surface area (Å²) in [5.41, 5.74) is 2.22. The molecule has 3 heteroatoms. The predicted octanol–water partition coefficient (Wildman–Crippen LogP) is 0.499. The number of aliphatic hydroxyl groups excluding tert-OH is 1. The number of aromatic nitrogens is 2. The normalized spacial score (nSPS) is 23.3. The van der Waals surface area contributed by atoms with Gasteiger partial charge in [0.25, 0.3) is 0 Å². The van der Waals surface area contributed by atoms with Gasteiger partial charge in [-0.2, -0.15) is 5.10 Å². The van der Waals surface area contributed by atoms with Crippen LogP contribution in [0.3, 0.4) is 0 Å². The van der Waals surface area contributed by atoms with Crippen LogP contribution in [0.25, 0.3) is 0 Å². The standard InChI is InChI=1S/C8H12N2O/c1-6-4-7-5-8(11)2-3-10(7)9-6/h4,8,11H,2-3,5H2,1H3/t8-/m0/s1. The summed E-state index contributed by atoms with van der Waals surface area (Å²) in [5, 5.41) is 13.6. The Morgan fingerprint density at radius 2 is 2.55 bits per heavy atom. The average Bonchev–Trinajstić information content (AvgIpc) is 2.27. The molecule has 0 spiro atoms. The van der Waals surface area contributed by atoms with Crippen LogP contribution in [0.2, 0.25) is 0 Å². The first-order valence-corrected chi connectivity index (χ1v) is 3.97. The highest BCUT2D eigenvalue weighted by atomic mass is 16.3. The minimum atomic E-state index is -0.154. The van der Waals surface area contributed by atoms with Crippen LogP contribution in [0.1, 0.15) is 17.8 Å². The van der Waals surface area contributed by atoms with Crippen molar-refractivity contribution in [2.75, 3.05) is 0 Å². The van der Waals surface area contributed by atoms with E-state index in [9.17, 15) is 5.11 Å². The molecule has 1 aromatic heterocycles. The van der Waals surface area contributed by atoms with E-state index in [1.807, 2.05) is 17.7 Å². The molecule has 0 amide bonds. The lowest BCUT2D eigenvalue weighted by atomic mass is 10.1. The molecule has 60 valence electrons. The molecule has 3 nitrogen and oxygen atoms in total. The van der Waals surface area contributed by atoms with Crippen molar-refractivity contribution >= 4 is 0 Å². The summed E-state index contributed by atoms with van der Waals surface area (Å²) < 4.78 is 1.99. The van der Waals surface area contributed by atoms with Gasteiger partial charge in [-0.25, -0.2) is 0 Å². The van der Waals surface area contributed by atoms with Crippen molar-refractivity contribution in [1.29, 1.82) is 0 Å². The van der Waals surface area contributed by atoms with Gasteiger partial charge >= 0.3 is 0 Å². The second-order valence-electron chi connectivity index (χ2n) is 3.15. The summed E-state index contributed by atoms with van der Waals surface area (Å²) in [6.07, 6.45) is 1.45. The molecule has 0 aromatic carbocycles. The molecule has 0 aliphatic carbocycles. The van der Waals surface area contributed by atoms with E-state index in [1.165, 1.54) is 5.69 Å². The molecule has 0 unspecified atom stereocenters. The monoisotopic (exact) mass is 152 g/mol. The van der Waals surface area contributed by atoms with Crippen LogP contribution in [-0.2, 0) is 13.0 Å². The Bertz CT molecular complexity index is 267. The number of aryl methyl sites for hydroxylation is 2. The molecule has 2 rings (SSSR count). The molecule has 0 radical (unpaired) electrons. The molecule has 1 aliphatic heterocycles. The van der Waals surface area contributed by atoms with E-state index in [1.54, 1.807) is 0 Å². The highest BCUT2D eigenvalue weighted by molar-refractivity contribution is 5.11. The number of nitrogens with zero attached hydrogens (tertiary/aromatic N) is 2. The third-order valence-corrected chi connectivity index (χ3v) is 2.10. The number of hydrogen-bond donors (Lipinski definition) is 1. The number of aliphatic hydroxyl groups is 1. The summed E-state index contributed by atoms with van der Waals surface area (Å²) in [6, 6.07) is 2.04. The van der Waals surface area contributed by atoms with Crippen molar-refractivity contribution in [2.24, 2.45) is 0 Å². The highest BCUT2D eigenvalue weighted by Gasteiger charge is 2.16. The predicted molar refractivity (Wildman–Crippen MR) is 41.3 cm³/mol. The minimum absolute atomic E-state index is 0.154. The van der Waals surface area contributed by atoms with Crippen LogP contribution < -0.4 is 0 Å². The van der Waals surface area contributed by atoms with Gasteiger partial charge in [-0.1, -0.05) is 0 Å². The summed E-state index contributed by atoms with van der Waals surface area (Å²) >= 11 is 0. The number of rotatable bonds is 0. The maximum atomic E-state index is 9.32. The molecular formula is C8H12N2O. The van der Waals surface area contributed by atoms with E-state index in [-0.39, 0.29) is 6.10 Å². The fourth-order valence-electron chi connectivity index (χ4n) is 1.57. The highest BCUT2D eigenvalue weighted by Crippen LogP contribution is 2.14. The third kappa shape index (κ3) is 1.16. The van der Waals surface area contributed by atoms with Crippen molar-refractivity contribution in [3.63, 3.8) is 0 Å². The topological polar surface area (TPSA) is 38.0 Å². The molecule has 0 saturated heterocycles. The number of hydrogen-bond acceptors (Lipinski definition) is 2. The van der Waals surface area contributed by atoms with Crippen LogP contribution in [0.5, 0.6) is 0 Å². The van der Waals surface area contributed by atoms with E-state index < -0.39 is 0 Å². The third-order valence-electron chi connectivity index (χ3n) is 2.10. The molecule has 0 bridgehead atoms. The summed E-state index contributed by atoms with van der Waals surface area (Å²) in [5.74, 6) is 0. The van der Waals surface area contributed by atoms with Gasteiger partial charge in [-0.05, 0) is 19.4 Å². The molecule has 1 atom stereocenters. The first-order valence-electron chi connectivity index (χ1n) is 3.97. The van der Waals surface area contributed by atoms with Crippen molar-refractivity contribution in [3.05, 3.63) is 17.5 Å². The van der Waals surface area contributed by atoms with Gasteiger partial charge in [0.2, 0.25) is 0 Å². The van der Waals surface area contributed by atoms with Gasteiger partial charge < -0.3 is 5.11 Å². The molecule has 1 aliphatic rings. The molecule has 2 heterocycles. The quantitative estimate of drug-likeness (QED) is 0.587. The van der Waals surface area contributed by atoms with E-state index in [0.29, 0.717) is 0 Å². The summed E-state index contributed by atoms with van der Waals surface area (Å²) in [7, 11) is 0. The van der Waals surface area contributed by atoms with Crippen molar-refractivity contribution < 1.29 is 5.11 Å². The lowest BCUT2D eigenvalue weighted by Crippen LogP contribution is -2.23. The Morgan fingerprint density at radius 3 is 3.36 bits per heavy atom. The lowest BCUT2D eigenvalue weighted by molar-refractivity contribution is 0.140. The first-order chi connectivity index (χ1) is 5.25. The van der Waals surface area contributed by atoms with Crippen LogP contribution in [0.15, 0.2) is 6.07 Å². The summed E-state index contributed by atoms with van der Waals surface area (Å²) in [4.78, 5) is 0. The zero-order valence-corrected chi connectivity index (χ0v) is 6.62. The molecule has 0 saturated carbocycles. The van der Waals surface area contributed by atoms with Crippen molar-refractivity contribution in [3.8, 4) is 0 Å². The zero-order valence-electron chi connectivity index (χ0n) is 6.62. The van der Waals surface area contributed by atoms with Crippen LogP contribution in [0, 0.1) is 6.92 Å². The lowest BCUT2D eigenvalue weighted by Gasteiger charge is -2.17. The zero-order chi connectivity index (χ0) is 7.84. The minimum Gasteiger partial charge on any atom is -0.393 e. The van der Waals surface area contributed by atoms with Gasteiger partial charge in [0.1, 0.15) is 0 Å². The van der Waals surface area contributed by atoms with Crippen LogP contribution in [-0.4, -0.2) is 21.0 Å². The molecular weight excluding hydrogens is 140 g/mol. The first kappa shape index (κ1) is 6.85. The van der Waals surface area contributed by atoms with E-state index in [2.05, 4.69) is 5.10 Å². The van der Waals surface area contributed by atoms with Crippen LogP contribution >= 0.6 is 0 Å². The Balaban J connectivity index is 2.34. The Morgan fingerprint density at radius 1 is 1.73 bits per heavy atom. The second kappa shape index (κ2) is 2.34. The average molecular weight is 152 g/mol. The Labute approximate surface area is 65.7 Å². The van der Waals surface area contributed by atoms with E-state index >= 15 is 0 Å². The maximum Gasteiger partial charge on any atom is 0.0613 e. The van der Waals surface area contributed by atoms with E-state index in [0.717, 1.165) is 25.1 Å². The van der Waals surface area contributed by atoms with Gasteiger partial charge in [-0.3, -0.25) is 4.68 Å². The van der Waals surface area contributed by atoms with Crippen molar-refractivity contribution in [1.82, 2.24) is 9.78 Å². The molecule has 1 N–H and O–H groups in total. The smallest absolute Gasteiger partial charge is 0.0613 e. The maximum absolute atomic E-state index is 9.32. The van der Waals surface area contributed by atoms with E-state index in [4.69, 9.17) is 0 Å². The van der Waals surface area contributed by atoms with Crippen LogP contribution in [0.4, 0.5) is 0 Å². The SMILES string of the molecule is Cc1cc2n(n1)CC[C@H](O)C2. The van der Waals surface area contributed by atoms with Gasteiger partial charge in [0.15, 0.2) is 0 Å². The second-order valence-corrected chi connectivity index (χ2v) is 3.15. The van der Waals surface area contributed by atoms with Crippen molar-refractivity contribution in [2.45, 2.75) is 32.4 Å². The fraction of sp³-hybridized carbons (Fsp3) is 0.625. The van der Waals surface area contributed by atoms with Gasteiger partial charge in [0.05, 0.1) is 11.8 Å². The van der Waals surface area contributed by atoms with Gasteiger partial charge in [0, 0.05) is 18.7 Å². The Kier molecular flexibility index (Phi) is 1.46. The summed E-state index contributed by atoms with van der Waals surface area (Å²) in [6.45, 7) is 2.85. The molecule has 0 fully saturated rings. The number of fused-ring (bicyclic) bond motifs is 1. The fourth-order valence-corrected chi connectivity index (χ4v) is 1.57. The molecule has 1 aromatic rings. The Hall–Kier alpha value is -0.830. The largest absolute Gasteiger partial charge is 0.393 e. The molecule has 11 heavy (non-hydrogen) atoms. The van der Waals surface area contributed by atoms with Gasteiger partial charge in [-0.15, -0.1) is 0 Å².